The van der Waals surface area contributed by atoms with Crippen molar-refractivity contribution in [2.45, 2.75) is 0 Å². The smallest absolute Gasteiger partial charge is 0.200 e. The first-order chi connectivity index (χ1) is 15.2. The molecule has 4 rings (SSSR count). The van der Waals surface area contributed by atoms with E-state index in [1.807, 2.05) is 42.5 Å². The average molecular weight is 414 g/mol. The first-order valence-electron chi connectivity index (χ1n) is 9.82. The Kier molecular flexibility index (Phi) is 6.03. The second-order valence-corrected chi connectivity index (χ2v) is 6.83. The van der Waals surface area contributed by atoms with Crippen LogP contribution in [0.5, 0.6) is 17.2 Å². The van der Waals surface area contributed by atoms with E-state index in [4.69, 9.17) is 18.6 Å². The molecule has 0 aliphatic carbocycles. The van der Waals surface area contributed by atoms with Gasteiger partial charge in [-0.3, -0.25) is 4.79 Å². The molecule has 5 heteroatoms. The molecule has 0 atom stereocenters. The molecular weight excluding hydrogens is 392 g/mol. The van der Waals surface area contributed by atoms with Gasteiger partial charge in [-0.15, -0.1) is 0 Å². The standard InChI is InChI=1S/C26H22O5/c1-28-23-13-10-19(15-25(23)29-2)22-17-31-24-16-20(11-12-21(24)26(22)27)30-14-6-9-18-7-4-3-5-8-18/h3-13,15-17H,14H2,1-2H3/b9-6+. The zero-order chi connectivity index (χ0) is 21.6. The molecule has 0 spiro atoms. The number of benzene rings is 3. The first-order valence-corrected chi connectivity index (χ1v) is 9.82. The van der Waals surface area contributed by atoms with Crippen molar-refractivity contribution in [2.75, 3.05) is 20.8 Å². The maximum Gasteiger partial charge on any atom is 0.200 e. The highest BCUT2D eigenvalue weighted by molar-refractivity contribution is 5.83. The van der Waals surface area contributed by atoms with E-state index in [0.29, 0.717) is 46.0 Å². The fraction of sp³-hybridized carbons (Fsp3) is 0.115. The third-order valence-corrected chi connectivity index (χ3v) is 4.90. The van der Waals surface area contributed by atoms with Gasteiger partial charge in [0.05, 0.1) is 25.2 Å². The van der Waals surface area contributed by atoms with Gasteiger partial charge in [0.2, 0.25) is 0 Å². The predicted octanol–water partition coefficient (Wildman–Crippen LogP) is 5.57. The molecule has 3 aromatic carbocycles. The molecule has 156 valence electrons. The largest absolute Gasteiger partial charge is 0.493 e. The number of hydrogen-bond donors (Lipinski definition) is 0. The molecule has 0 fully saturated rings. The molecule has 0 unspecified atom stereocenters. The number of ether oxygens (including phenoxy) is 3. The van der Waals surface area contributed by atoms with Crippen LogP contribution in [0.4, 0.5) is 0 Å². The quantitative estimate of drug-likeness (QED) is 0.396. The summed E-state index contributed by atoms with van der Waals surface area (Å²) in [4.78, 5) is 13.0. The predicted molar refractivity (Wildman–Crippen MR) is 122 cm³/mol. The Hall–Kier alpha value is -3.99. The molecule has 0 aliphatic rings. The summed E-state index contributed by atoms with van der Waals surface area (Å²) in [6, 6.07) is 20.5. The van der Waals surface area contributed by atoms with E-state index in [9.17, 15) is 4.79 Å². The van der Waals surface area contributed by atoms with Gasteiger partial charge in [-0.05, 0) is 41.5 Å². The topological polar surface area (TPSA) is 57.9 Å². The molecular formula is C26H22O5. The van der Waals surface area contributed by atoms with Gasteiger partial charge in [-0.2, -0.15) is 0 Å². The van der Waals surface area contributed by atoms with Crippen molar-refractivity contribution in [3.05, 3.63) is 94.9 Å². The molecule has 5 nitrogen and oxygen atoms in total. The maximum absolute atomic E-state index is 13.0. The van der Waals surface area contributed by atoms with Crippen molar-refractivity contribution in [3.63, 3.8) is 0 Å². The van der Waals surface area contributed by atoms with Crippen LogP contribution >= 0.6 is 0 Å². The summed E-state index contributed by atoms with van der Waals surface area (Å²) in [7, 11) is 3.13. The minimum atomic E-state index is -0.121. The number of hydrogen-bond acceptors (Lipinski definition) is 5. The zero-order valence-electron chi connectivity index (χ0n) is 17.3. The van der Waals surface area contributed by atoms with Crippen molar-refractivity contribution in [1.82, 2.24) is 0 Å². The van der Waals surface area contributed by atoms with Crippen LogP contribution in [0.25, 0.3) is 28.2 Å². The summed E-state index contributed by atoms with van der Waals surface area (Å²) in [5.74, 6) is 1.78. The van der Waals surface area contributed by atoms with E-state index in [-0.39, 0.29) is 5.43 Å². The van der Waals surface area contributed by atoms with Gasteiger partial charge in [0.15, 0.2) is 16.9 Å². The molecule has 0 saturated heterocycles. The van der Waals surface area contributed by atoms with E-state index < -0.39 is 0 Å². The van der Waals surface area contributed by atoms with Crippen molar-refractivity contribution in [1.29, 1.82) is 0 Å². The highest BCUT2D eigenvalue weighted by Gasteiger charge is 2.13. The van der Waals surface area contributed by atoms with Gasteiger partial charge >= 0.3 is 0 Å². The maximum atomic E-state index is 13.0. The molecule has 0 aliphatic heterocycles. The Morgan fingerprint density at radius 3 is 2.48 bits per heavy atom. The lowest BCUT2D eigenvalue weighted by Crippen LogP contribution is -2.05. The number of methoxy groups -OCH3 is 2. The average Bonchev–Trinajstić information content (AvgIpc) is 2.82. The normalized spacial score (nSPS) is 11.0. The van der Waals surface area contributed by atoms with E-state index >= 15 is 0 Å². The van der Waals surface area contributed by atoms with Crippen molar-refractivity contribution >= 4 is 17.0 Å². The highest BCUT2D eigenvalue weighted by Crippen LogP contribution is 2.32. The van der Waals surface area contributed by atoms with Crippen LogP contribution in [-0.2, 0) is 0 Å². The van der Waals surface area contributed by atoms with Gasteiger partial charge in [0.1, 0.15) is 24.2 Å². The molecule has 1 aromatic heterocycles. The van der Waals surface area contributed by atoms with E-state index in [1.54, 1.807) is 50.6 Å². The summed E-state index contributed by atoms with van der Waals surface area (Å²) >= 11 is 0. The lowest BCUT2D eigenvalue weighted by atomic mass is 10.0. The van der Waals surface area contributed by atoms with Crippen LogP contribution in [-0.4, -0.2) is 20.8 Å². The third kappa shape index (κ3) is 4.46. The third-order valence-electron chi connectivity index (χ3n) is 4.90. The fourth-order valence-corrected chi connectivity index (χ4v) is 3.29. The van der Waals surface area contributed by atoms with Gasteiger partial charge < -0.3 is 18.6 Å². The lowest BCUT2D eigenvalue weighted by molar-refractivity contribution is 0.355. The molecule has 0 saturated carbocycles. The van der Waals surface area contributed by atoms with Gasteiger partial charge in [0.25, 0.3) is 0 Å². The second kappa shape index (κ2) is 9.22. The fourth-order valence-electron chi connectivity index (χ4n) is 3.29. The monoisotopic (exact) mass is 414 g/mol. The van der Waals surface area contributed by atoms with Crippen molar-refractivity contribution < 1.29 is 18.6 Å². The van der Waals surface area contributed by atoms with Gasteiger partial charge in [0, 0.05) is 6.07 Å². The lowest BCUT2D eigenvalue weighted by Gasteiger charge is -2.10. The van der Waals surface area contributed by atoms with Crippen LogP contribution in [0.15, 0.2) is 88.3 Å². The minimum Gasteiger partial charge on any atom is -0.493 e. The Labute approximate surface area is 180 Å². The molecule has 31 heavy (non-hydrogen) atoms. The highest BCUT2D eigenvalue weighted by atomic mass is 16.5. The van der Waals surface area contributed by atoms with Crippen LogP contribution in [0.3, 0.4) is 0 Å². The van der Waals surface area contributed by atoms with Gasteiger partial charge in [-0.25, -0.2) is 0 Å². The van der Waals surface area contributed by atoms with E-state index in [0.717, 1.165) is 5.56 Å². The Balaban J connectivity index is 1.55. The van der Waals surface area contributed by atoms with E-state index in [2.05, 4.69) is 0 Å². The first kappa shape index (κ1) is 20.3. The van der Waals surface area contributed by atoms with Crippen LogP contribution in [0, 0.1) is 0 Å². The van der Waals surface area contributed by atoms with Crippen molar-refractivity contribution in [3.8, 4) is 28.4 Å². The molecule has 4 aromatic rings. The van der Waals surface area contributed by atoms with Crippen LogP contribution < -0.4 is 19.6 Å². The summed E-state index contributed by atoms with van der Waals surface area (Å²) in [6.07, 6.45) is 5.40. The number of fused-ring (bicyclic) bond motifs is 1. The van der Waals surface area contributed by atoms with Gasteiger partial charge in [-0.1, -0.05) is 42.5 Å². The Bertz CT molecular complexity index is 1270. The van der Waals surface area contributed by atoms with Crippen molar-refractivity contribution in [2.24, 2.45) is 0 Å². The molecule has 0 N–H and O–H groups in total. The Morgan fingerprint density at radius 2 is 1.71 bits per heavy atom. The SMILES string of the molecule is COc1ccc(-c2coc3cc(OC/C=C/c4ccccc4)ccc3c2=O)cc1OC. The summed E-state index contributed by atoms with van der Waals surface area (Å²) in [5.41, 5.74) is 2.61. The summed E-state index contributed by atoms with van der Waals surface area (Å²) in [5, 5.41) is 0.486. The molecule has 0 amide bonds. The number of rotatable bonds is 7. The molecule has 0 bridgehead atoms. The summed E-state index contributed by atoms with van der Waals surface area (Å²) < 4.78 is 22.1. The Morgan fingerprint density at radius 1 is 0.903 bits per heavy atom. The molecule has 0 radical (unpaired) electrons. The zero-order valence-corrected chi connectivity index (χ0v) is 17.3. The van der Waals surface area contributed by atoms with E-state index in [1.165, 1.54) is 6.26 Å². The van der Waals surface area contributed by atoms with Crippen LogP contribution in [0.1, 0.15) is 5.56 Å². The molecule has 1 heterocycles. The van der Waals surface area contributed by atoms with Crippen LogP contribution in [0.2, 0.25) is 0 Å². The second-order valence-electron chi connectivity index (χ2n) is 6.83. The summed E-state index contributed by atoms with van der Waals surface area (Å²) in [6.45, 7) is 0.411. The minimum absolute atomic E-state index is 0.121.